The number of hydrogen-bond donors (Lipinski definition) is 2. The number of aliphatic carboxylic acids is 1. The lowest BCUT2D eigenvalue weighted by Crippen LogP contribution is -2.39. The van der Waals surface area contributed by atoms with Crippen molar-refractivity contribution in [2.75, 3.05) is 27.2 Å². The molecule has 0 radical (unpaired) electrons. The monoisotopic (exact) mass is 285 g/mol. The predicted octanol–water partition coefficient (Wildman–Crippen LogP) is 0.177. The van der Waals surface area contributed by atoms with Gasteiger partial charge in [0.1, 0.15) is 0 Å². The van der Waals surface area contributed by atoms with Crippen molar-refractivity contribution in [3.05, 3.63) is 50.6 Å². The lowest BCUT2D eigenvalue weighted by Gasteiger charge is -2.26. The number of likely N-dealkylation sites (N-methyl/N-ethyl adjacent to an activating group) is 1. The van der Waals surface area contributed by atoms with Crippen LogP contribution in [0.4, 0.5) is 0 Å². The third-order valence-electron chi connectivity index (χ3n) is 1.61. The van der Waals surface area contributed by atoms with E-state index in [0.717, 1.165) is 29.7 Å². The first kappa shape index (κ1) is 26.4. The summed E-state index contributed by atoms with van der Waals surface area (Å²) in [4.78, 5) is 18.6. The molecule has 0 fully saturated rings. The lowest BCUT2D eigenvalue weighted by atomic mass is 10.4. The highest BCUT2D eigenvalue weighted by Gasteiger charge is 2.07. The Morgan fingerprint density at radius 3 is 1.40 bits per heavy atom. The highest BCUT2D eigenvalue weighted by molar-refractivity contribution is 5.84. The fourth-order valence-electron chi connectivity index (χ4n) is 0.774. The number of carbonyl (C=O) groups excluding carboxylic acids is 2. The molecule has 20 heavy (non-hydrogen) atoms. The third kappa shape index (κ3) is 36.0. The molecule has 0 aliphatic carbocycles. The van der Waals surface area contributed by atoms with Crippen LogP contribution >= 0.6 is 0 Å². The number of quaternary nitrogens is 1. The normalized spacial score (nSPS) is 8.10. The molecule has 0 saturated carbocycles. The Bertz CT molecular complexity index is 294. The molecular weight excluding hydrogens is 258 g/mol. The minimum atomic E-state index is -1.23. The van der Waals surface area contributed by atoms with Gasteiger partial charge in [-0.2, -0.15) is 0 Å². The van der Waals surface area contributed by atoms with Gasteiger partial charge in [-0.05, 0) is 24.3 Å². The van der Waals surface area contributed by atoms with Crippen molar-refractivity contribution < 1.29 is 19.2 Å². The number of carboxylic acids is 1. The Morgan fingerprint density at radius 1 is 1.05 bits per heavy atom. The third-order valence-corrected chi connectivity index (χ3v) is 1.61. The Hall–Kier alpha value is -2.18. The largest absolute Gasteiger partial charge is 0.545 e. The van der Waals surface area contributed by atoms with E-state index in [1.165, 1.54) is 0 Å². The molecule has 0 aliphatic heterocycles. The average Bonchev–Trinajstić information content (AvgIpc) is 2.30. The second-order valence-electron chi connectivity index (χ2n) is 4.01. The maximum Gasteiger partial charge on any atom is 0.240 e. The van der Waals surface area contributed by atoms with E-state index in [1.54, 1.807) is 0 Å². The van der Waals surface area contributed by atoms with E-state index < -0.39 is 11.9 Å². The molecule has 0 unspecified atom stereocenters. The molecule has 0 spiro atoms. The van der Waals surface area contributed by atoms with Gasteiger partial charge in [0.05, 0.1) is 33.2 Å². The molecular formula is C14H27N3O3. The Morgan fingerprint density at radius 2 is 1.30 bits per heavy atom. The SMILES string of the molecule is C=CC(=O)[O-].C=CC(N)=O.C=CC[N+](C)(C)CC=C.N. The number of carboxylic acid groups (broad SMARTS) is 1. The van der Waals surface area contributed by atoms with E-state index in [-0.39, 0.29) is 6.15 Å². The van der Waals surface area contributed by atoms with E-state index in [2.05, 4.69) is 46.1 Å². The quantitative estimate of drug-likeness (QED) is 0.411. The molecule has 0 aromatic carbocycles. The zero-order chi connectivity index (χ0) is 15.9. The molecule has 116 valence electrons. The summed E-state index contributed by atoms with van der Waals surface area (Å²) in [6.07, 6.45) is 5.65. The molecule has 6 heteroatoms. The number of amides is 1. The molecule has 0 atom stereocenters. The van der Waals surface area contributed by atoms with Crippen LogP contribution in [0.25, 0.3) is 0 Å². The fourth-order valence-corrected chi connectivity index (χ4v) is 0.774. The minimum absolute atomic E-state index is 0. The summed E-state index contributed by atoms with van der Waals surface area (Å²) in [5, 5.41) is 9.14. The summed E-state index contributed by atoms with van der Waals surface area (Å²) >= 11 is 0. The van der Waals surface area contributed by atoms with Gasteiger partial charge >= 0.3 is 0 Å². The van der Waals surface area contributed by atoms with Crippen LogP contribution in [0.2, 0.25) is 0 Å². The van der Waals surface area contributed by atoms with Crippen LogP contribution in [0.1, 0.15) is 0 Å². The molecule has 0 bridgehead atoms. The molecule has 0 aromatic heterocycles. The predicted molar refractivity (Wildman–Crippen MR) is 81.9 cm³/mol. The van der Waals surface area contributed by atoms with Gasteiger partial charge in [0, 0.05) is 0 Å². The highest BCUT2D eigenvalue weighted by atomic mass is 16.4. The van der Waals surface area contributed by atoms with Crippen LogP contribution in [-0.2, 0) is 9.59 Å². The molecule has 0 aromatic rings. The molecule has 0 heterocycles. The molecule has 6 nitrogen and oxygen atoms in total. The molecule has 0 rings (SSSR count). The van der Waals surface area contributed by atoms with Gasteiger partial charge in [0.2, 0.25) is 5.91 Å². The van der Waals surface area contributed by atoms with E-state index in [4.69, 9.17) is 9.90 Å². The van der Waals surface area contributed by atoms with Gasteiger partial charge in [-0.1, -0.05) is 26.3 Å². The molecule has 0 saturated heterocycles. The van der Waals surface area contributed by atoms with Gasteiger partial charge in [0.25, 0.3) is 0 Å². The molecule has 0 aliphatic rings. The second kappa shape index (κ2) is 16.8. The summed E-state index contributed by atoms with van der Waals surface area (Å²) in [5.41, 5.74) is 4.53. The summed E-state index contributed by atoms with van der Waals surface area (Å²) < 4.78 is 0.951. The van der Waals surface area contributed by atoms with Gasteiger partial charge in [-0.15, -0.1) is 0 Å². The van der Waals surface area contributed by atoms with Crippen molar-refractivity contribution in [1.82, 2.24) is 6.15 Å². The van der Waals surface area contributed by atoms with Gasteiger partial charge < -0.3 is 26.3 Å². The first-order chi connectivity index (χ1) is 8.66. The summed E-state index contributed by atoms with van der Waals surface area (Å²) in [6.45, 7) is 15.4. The van der Waals surface area contributed by atoms with Gasteiger partial charge in [-0.3, -0.25) is 4.79 Å². The second-order valence-corrected chi connectivity index (χ2v) is 4.01. The zero-order valence-corrected chi connectivity index (χ0v) is 12.5. The van der Waals surface area contributed by atoms with Crippen LogP contribution in [0.5, 0.6) is 0 Å². The topological polar surface area (TPSA) is 118 Å². The van der Waals surface area contributed by atoms with Crippen molar-refractivity contribution in [3.63, 3.8) is 0 Å². The number of hydrogen-bond acceptors (Lipinski definition) is 4. The molecule has 5 N–H and O–H groups in total. The van der Waals surface area contributed by atoms with Crippen LogP contribution in [0.3, 0.4) is 0 Å². The zero-order valence-electron chi connectivity index (χ0n) is 12.5. The first-order valence-corrected chi connectivity index (χ1v) is 5.45. The average molecular weight is 285 g/mol. The van der Waals surface area contributed by atoms with Crippen LogP contribution in [-0.4, -0.2) is 43.5 Å². The number of primary amides is 1. The Labute approximate surface area is 121 Å². The van der Waals surface area contributed by atoms with Crippen LogP contribution in [0, 0.1) is 0 Å². The first-order valence-electron chi connectivity index (χ1n) is 5.45. The summed E-state index contributed by atoms with van der Waals surface area (Å²) in [6, 6.07) is 0. The smallest absolute Gasteiger partial charge is 0.240 e. The van der Waals surface area contributed by atoms with Crippen molar-refractivity contribution in [2.24, 2.45) is 5.73 Å². The van der Waals surface area contributed by atoms with Gasteiger partial charge in [0.15, 0.2) is 0 Å². The van der Waals surface area contributed by atoms with Crippen LogP contribution in [0.15, 0.2) is 50.6 Å². The van der Waals surface area contributed by atoms with E-state index >= 15 is 0 Å². The highest BCUT2D eigenvalue weighted by Crippen LogP contribution is 1.95. The van der Waals surface area contributed by atoms with Crippen molar-refractivity contribution in [3.8, 4) is 0 Å². The van der Waals surface area contributed by atoms with E-state index in [0.29, 0.717) is 0 Å². The number of carbonyl (C=O) groups is 2. The number of nitrogens with zero attached hydrogens (tertiary/aromatic N) is 1. The van der Waals surface area contributed by atoms with Crippen molar-refractivity contribution >= 4 is 11.9 Å². The lowest BCUT2D eigenvalue weighted by molar-refractivity contribution is -0.878. The number of rotatable bonds is 6. The Balaban J connectivity index is -0.000000101. The van der Waals surface area contributed by atoms with E-state index in [9.17, 15) is 4.79 Å². The van der Waals surface area contributed by atoms with E-state index in [1.807, 2.05) is 12.2 Å². The summed E-state index contributed by atoms with van der Waals surface area (Å²) in [5.74, 6) is -1.71. The summed E-state index contributed by atoms with van der Waals surface area (Å²) in [7, 11) is 4.31. The molecule has 1 amide bonds. The standard InChI is InChI=1S/C8H16N.C3H5NO.C3H4O2.H3N/c1-5-7-9(3,4)8-6-2;2*1-2-3(4)5;/h5-6H,1-2,7-8H2,3-4H3;2H,1H2,(H2,4,5);2H,1H2,(H,4,5);1H3/q+1;;;/p-1. The van der Waals surface area contributed by atoms with Gasteiger partial charge in [-0.25, -0.2) is 0 Å². The maximum absolute atomic E-state index is 9.47. The van der Waals surface area contributed by atoms with Crippen LogP contribution < -0.4 is 17.0 Å². The van der Waals surface area contributed by atoms with Crippen molar-refractivity contribution in [2.45, 2.75) is 0 Å². The maximum atomic E-state index is 9.47. The Kier molecular flexibility index (Phi) is 22.2. The van der Waals surface area contributed by atoms with Crippen molar-refractivity contribution in [1.29, 1.82) is 0 Å². The minimum Gasteiger partial charge on any atom is -0.545 e. The number of nitrogens with two attached hydrogens (primary N) is 1. The fraction of sp³-hybridized carbons (Fsp3) is 0.286.